The molecule has 190 valence electrons. The molecule has 3 aromatic carbocycles. The van der Waals surface area contributed by atoms with Crippen molar-refractivity contribution in [2.24, 2.45) is 0 Å². The molecule has 0 saturated heterocycles. The summed E-state index contributed by atoms with van der Waals surface area (Å²) in [6.45, 7) is 0. The molecule has 0 bridgehead atoms. The van der Waals surface area contributed by atoms with E-state index in [-0.39, 0.29) is 12.0 Å². The van der Waals surface area contributed by atoms with Gasteiger partial charge in [-0.3, -0.25) is 0 Å². The van der Waals surface area contributed by atoms with E-state index in [0.29, 0.717) is 45.6 Å². The number of benzene rings is 3. The van der Waals surface area contributed by atoms with Gasteiger partial charge in [-0.25, -0.2) is 9.18 Å². The molecule has 1 aliphatic heterocycles. The molecule has 3 aromatic rings. The van der Waals surface area contributed by atoms with Crippen molar-refractivity contribution in [1.82, 2.24) is 0 Å². The fourth-order valence-electron chi connectivity index (χ4n) is 4.20. The molecule has 2 atom stereocenters. The standard InChI is InChI=1S/C27H27FO8/c1-30-18-12-20(31-2)19-14-24(36-27(29)15-7-6-8-17(28)9-15)25(35-21(19)13-18)16-10-22(32-3)26(34-5)23(11-16)33-4/h6-13,24-25H,14H2,1-5H3. The van der Waals surface area contributed by atoms with Gasteiger partial charge in [0.15, 0.2) is 17.6 Å². The largest absolute Gasteiger partial charge is 0.496 e. The quantitative estimate of drug-likeness (QED) is 0.411. The van der Waals surface area contributed by atoms with Crippen molar-refractivity contribution >= 4 is 5.97 Å². The third kappa shape index (κ3) is 4.82. The van der Waals surface area contributed by atoms with E-state index in [1.54, 1.807) is 31.4 Å². The number of ether oxygens (including phenoxy) is 7. The first-order chi connectivity index (χ1) is 17.4. The number of carbonyl (C=O) groups is 1. The van der Waals surface area contributed by atoms with Gasteiger partial charge in [-0.1, -0.05) is 6.07 Å². The number of fused-ring (bicyclic) bond motifs is 1. The van der Waals surface area contributed by atoms with Crippen molar-refractivity contribution in [3.8, 4) is 34.5 Å². The van der Waals surface area contributed by atoms with Crippen LogP contribution in [0.5, 0.6) is 34.5 Å². The summed E-state index contributed by atoms with van der Waals surface area (Å²) in [7, 11) is 7.61. The highest BCUT2D eigenvalue weighted by Crippen LogP contribution is 2.46. The number of halogens is 1. The van der Waals surface area contributed by atoms with Crippen LogP contribution in [0, 0.1) is 5.82 Å². The SMILES string of the molecule is COc1cc(OC)c2c(c1)OC(c1cc(OC)c(OC)c(OC)c1)C(OC(=O)c1cccc(F)c1)C2. The van der Waals surface area contributed by atoms with Crippen molar-refractivity contribution in [2.75, 3.05) is 35.5 Å². The number of hydrogen-bond donors (Lipinski definition) is 0. The van der Waals surface area contributed by atoms with Gasteiger partial charge in [-0.2, -0.15) is 0 Å². The van der Waals surface area contributed by atoms with Gasteiger partial charge in [-0.15, -0.1) is 0 Å². The van der Waals surface area contributed by atoms with Gasteiger partial charge in [0.2, 0.25) is 5.75 Å². The molecule has 0 saturated carbocycles. The molecule has 0 aromatic heterocycles. The minimum Gasteiger partial charge on any atom is -0.496 e. The predicted octanol–water partition coefficient (Wildman–Crippen LogP) is 4.77. The molecule has 0 spiro atoms. The molecule has 8 nitrogen and oxygen atoms in total. The highest BCUT2D eigenvalue weighted by Gasteiger charge is 2.37. The van der Waals surface area contributed by atoms with Gasteiger partial charge < -0.3 is 33.2 Å². The molecule has 1 heterocycles. The maximum atomic E-state index is 13.8. The predicted molar refractivity (Wildman–Crippen MR) is 128 cm³/mol. The fourth-order valence-corrected chi connectivity index (χ4v) is 4.20. The Bertz CT molecular complexity index is 1230. The van der Waals surface area contributed by atoms with E-state index in [0.717, 1.165) is 6.07 Å². The summed E-state index contributed by atoms with van der Waals surface area (Å²) in [6.07, 6.45) is -1.29. The zero-order valence-corrected chi connectivity index (χ0v) is 20.6. The fraction of sp³-hybridized carbons (Fsp3) is 0.296. The van der Waals surface area contributed by atoms with Crippen LogP contribution < -0.4 is 28.4 Å². The summed E-state index contributed by atoms with van der Waals surface area (Å²) >= 11 is 0. The lowest BCUT2D eigenvalue weighted by Crippen LogP contribution is -2.35. The third-order valence-corrected chi connectivity index (χ3v) is 5.93. The van der Waals surface area contributed by atoms with Gasteiger partial charge in [-0.05, 0) is 30.3 Å². The van der Waals surface area contributed by atoms with E-state index in [1.165, 1.54) is 46.6 Å². The van der Waals surface area contributed by atoms with Crippen LogP contribution in [-0.4, -0.2) is 47.6 Å². The normalized spacial score (nSPS) is 16.3. The second kappa shape index (κ2) is 10.6. The van der Waals surface area contributed by atoms with Crippen molar-refractivity contribution < 1.29 is 42.3 Å². The minimum absolute atomic E-state index is 0.0890. The zero-order valence-electron chi connectivity index (χ0n) is 20.6. The molecule has 0 aliphatic carbocycles. The van der Waals surface area contributed by atoms with E-state index in [9.17, 15) is 9.18 Å². The number of esters is 1. The summed E-state index contributed by atoms with van der Waals surface area (Å²) in [6, 6.07) is 12.3. The maximum Gasteiger partial charge on any atom is 0.338 e. The maximum absolute atomic E-state index is 13.8. The average molecular weight is 499 g/mol. The van der Waals surface area contributed by atoms with E-state index in [4.69, 9.17) is 33.2 Å². The summed E-state index contributed by atoms with van der Waals surface area (Å²) in [5, 5.41) is 0. The molecule has 36 heavy (non-hydrogen) atoms. The molecular weight excluding hydrogens is 471 g/mol. The molecule has 4 rings (SSSR count). The average Bonchev–Trinajstić information content (AvgIpc) is 2.91. The zero-order chi connectivity index (χ0) is 25.8. The smallest absolute Gasteiger partial charge is 0.338 e. The first kappa shape index (κ1) is 25.0. The van der Waals surface area contributed by atoms with Crippen LogP contribution in [0.4, 0.5) is 4.39 Å². The van der Waals surface area contributed by atoms with Crippen LogP contribution >= 0.6 is 0 Å². The van der Waals surface area contributed by atoms with Gasteiger partial charge in [0.25, 0.3) is 0 Å². The molecule has 9 heteroatoms. The molecule has 0 amide bonds. The van der Waals surface area contributed by atoms with E-state index in [1.807, 2.05) is 0 Å². The Morgan fingerprint density at radius 2 is 1.56 bits per heavy atom. The van der Waals surface area contributed by atoms with E-state index < -0.39 is 24.0 Å². The Kier molecular flexibility index (Phi) is 7.38. The highest BCUT2D eigenvalue weighted by atomic mass is 19.1. The Morgan fingerprint density at radius 1 is 0.861 bits per heavy atom. The number of methoxy groups -OCH3 is 5. The molecule has 0 radical (unpaired) electrons. The monoisotopic (exact) mass is 498 g/mol. The second-order valence-electron chi connectivity index (χ2n) is 7.96. The topological polar surface area (TPSA) is 81.7 Å². The second-order valence-corrected chi connectivity index (χ2v) is 7.96. The van der Waals surface area contributed by atoms with Gasteiger partial charge >= 0.3 is 5.97 Å². The lowest BCUT2D eigenvalue weighted by molar-refractivity contribution is -0.0189. The lowest BCUT2D eigenvalue weighted by Gasteiger charge is -2.34. The summed E-state index contributed by atoms with van der Waals surface area (Å²) in [4.78, 5) is 13.0. The van der Waals surface area contributed by atoms with Crippen molar-refractivity contribution in [1.29, 1.82) is 0 Å². The highest BCUT2D eigenvalue weighted by molar-refractivity contribution is 5.89. The first-order valence-electron chi connectivity index (χ1n) is 11.1. The van der Waals surface area contributed by atoms with Crippen molar-refractivity contribution in [3.63, 3.8) is 0 Å². The summed E-state index contributed by atoms with van der Waals surface area (Å²) < 4.78 is 53.4. The summed E-state index contributed by atoms with van der Waals surface area (Å²) in [5.74, 6) is 1.61. The summed E-state index contributed by atoms with van der Waals surface area (Å²) in [5.41, 5.74) is 1.42. The molecule has 1 aliphatic rings. The lowest BCUT2D eigenvalue weighted by atomic mass is 9.93. The van der Waals surface area contributed by atoms with Crippen molar-refractivity contribution in [2.45, 2.75) is 18.6 Å². The Hall–Kier alpha value is -4.14. The van der Waals surface area contributed by atoms with Crippen LogP contribution in [0.1, 0.15) is 27.6 Å². The van der Waals surface area contributed by atoms with Crippen LogP contribution in [0.3, 0.4) is 0 Å². The minimum atomic E-state index is -0.793. The van der Waals surface area contributed by atoms with Crippen LogP contribution in [-0.2, 0) is 11.2 Å². The first-order valence-corrected chi connectivity index (χ1v) is 11.1. The van der Waals surface area contributed by atoms with E-state index >= 15 is 0 Å². The molecule has 2 unspecified atom stereocenters. The van der Waals surface area contributed by atoms with Crippen LogP contribution in [0.25, 0.3) is 0 Å². The van der Waals surface area contributed by atoms with Crippen molar-refractivity contribution in [3.05, 3.63) is 71.0 Å². The van der Waals surface area contributed by atoms with E-state index in [2.05, 4.69) is 0 Å². The van der Waals surface area contributed by atoms with Gasteiger partial charge in [0.05, 0.1) is 41.1 Å². The Morgan fingerprint density at radius 3 is 2.14 bits per heavy atom. The van der Waals surface area contributed by atoms with Gasteiger partial charge in [0.1, 0.15) is 29.2 Å². The molecular formula is C27H27FO8. The Labute approximate surface area is 208 Å². The third-order valence-electron chi connectivity index (χ3n) is 5.93. The van der Waals surface area contributed by atoms with Crippen LogP contribution in [0.2, 0.25) is 0 Å². The number of hydrogen-bond acceptors (Lipinski definition) is 8. The number of carbonyl (C=O) groups excluding carboxylic acids is 1. The molecule has 0 N–H and O–H groups in total. The Balaban J connectivity index is 1.80. The van der Waals surface area contributed by atoms with Gasteiger partial charge in [0, 0.05) is 29.7 Å². The van der Waals surface area contributed by atoms with Crippen LogP contribution in [0.15, 0.2) is 48.5 Å². The molecule has 0 fully saturated rings. The number of rotatable bonds is 8.